The highest BCUT2D eigenvalue weighted by atomic mass is 79.9. The minimum atomic E-state index is -4.14. The lowest BCUT2D eigenvalue weighted by Crippen LogP contribution is -2.54. The number of hydrogen-bond donors (Lipinski definition) is 1. The topological polar surface area (TPSA) is 86.8 Å². The molecule has 2 amide bonds. The van der Waals surface area contributed by atoms with Crippen molar-refractivity contribution >= 4 is 43.5 Å². The van der Waals surface area contributed by atoms with Gasteiger partial charge in [0, 0.05) is 23.5 Å². The van der Waals surface area contributed by atoms with E-state index in [1.165, 1.54) is 17.0 Å². The molecule has 0 bridgehead atoms. The molecule has 0 aromatic heterocycles. The Kier molecular flexibility index (Phi) is 12.2. The Labute approximate surface area is 281 Å². The molecule has 4 rings (SSSR count). The summed E-state index contributed by atoms with van der Waals surface area (Å²) in [6.07, 6.45) is 0.986. The van der Waals surface area contributed by atoms with E-state index in [2.05, 4.69) is 35.1 Å². The summed E-state index contributed by atoms with van der Waals surface area (Å²) in [5.41, 5.74) is 3.12. The molecular formula is C37H42BrN3O4S. The number of benzene rings is 4. The number of carbonyl (C=O) groups is 2. The third kappa shape index (κ3) is 9.07. The molecule has 0 saturated carbocycles. The number of carbonyl (C=O) groups excluding carboxylic acids is 2. The molecule has 4 aromatic carbocycles. The molecule has 2 atom stereocenters. The van der Waals surface area contributed by atoms with Crippen LogP contribution in [0.4, 0.5) is 5.69 Å². The number of hydrogen-bond acceptors (Lipinski definition) is 4. The lowest BCUT2D eigenvalue weighted by Gasteiger charge is -2.34. The molecule has 0 spiro atoms. The minimum Gasteiger partial charge on any atom is -0.352 e. The zero-order valence-corrected chi connectivity index (χ0v) is 29.2. The average molecular weight is 705 g/mol. The maximum absolute atomic E-state index is 14.6. The van der Waals surface area contributed by atoms with Gasteiger partial charge in [-0.2, -0.15) is 0 Å². The molecule has 0 saturated heterocycles. The molecule has 9 heteroatoms. The molecule has 0 aliphatic heterocycles. The summed E-state index contributed by atoms with van der Waals surface area (Å²) in [7, 11) is -4.14. The zero-order chi connectivity index (χ0) is 33.3. The van der Waals surface area contributed by atoms with Crippen LogP contribution in [0.3, 0.4) is 0 Å². The van der Waals surface area contributed by atoms with E-state index in [1.54, 1.807) is 30.3 Å². The number of anilines is 1. The number of rotatable bonds is 14. The Morgan fingerprint density at radius 1 is 0.783 bits per heavy atom. The van der Waals surface area contributed by atoms with Crippen LogP contribution in [0.2, 0.25) is 0 Å². The summed E-state index contributed by atoms with van der Waals surface area (Å²) in [6.45, 7) is 7.66. The van der Waals surface area contributed by atoms with Gasteiger partial charge in [0.25, 0.3) is 10.0 Å². The normalized spacial score (nSPS) is 12.7. The predicted octanol–water partition coefficient (Wildman–Crippen LogP) is 7.32. The molecule has 7 nitrogen and oxygen atoms in total. The highest BCUT2D eigenvalue weighted by molar-refractivity contribution is 9.10. The van der Waals surface area contributed by atoms with E-state index in [-0.39, 0.29) is 35.7 Å². The molecule has 0 aliphatic carbocycles. The fourth-order valence-electron chi connectivity index (χ4n) is 5.06. The number of nitrogens with one attached hydrogen (secondary N) is 1. The van der Waals surface area contributed by atoms with Gasteiger partial charge in [0.1, 0.15) is 12.6 Å². The van der Waals surface area contributed by atoms with E-state index in [0.29, 0.717) is 5.69 Å². The van der Waals surface area contributed by atoms with Gasteiger partial charge in [-0.3, -0.25) is 13.9 Å². The highest BCUT2D eigenvalue weighted by Crippen LogP contribution is 2.27. The van der Waals surface area contributed by atoms with Gasteiger partial charge in [-0.25, -0.2) is 8.42 Å². The van der Waals surface area contributed by atoms with E-state index < -0.39 is 28.5 Å². The lowest BCUT2D eigenvalue weighted by atomic mass is 10.0. The van der Waals surface area contributed by atoms with Gasteiger partial charge < -0.3 is 10.2 Å². The molecule has 0 radical (unpaired) electrons. The van der Waals surface area contributed by atoms with Crippen molar-refractivity contribution in [3.63, 3.8) is 0 Å². The Morgan fingerprint density at radius 3 is 1.93 bits per heavy atom. The summed E-state index contributed by atoms with van der Waals surface area (Å²) in [5.74, 6) is -0.531. The van der Waals surface area contributed by atoms with Crippen LogP contribution >= 0.6 is 15.9 Å². The number of amides is 2. The fraction of sp³-hybridized carbons (Fsp3) is 0.297. The fourth-order valence-corrected chi connectivity index (χ4v) is 6.76. The molecule has 0 aliphatic rings. The number of sulfonamides is 1. The van der Waals surface area contributed by atoms with Crippen molar-refractivity contribution in [2.45, 2.75) is 70.0 Å². The van der Waals surface area contributed by atoms with Gasteiger partial charge in [-0.05, 0) is 72.4 Å². The van der Waals surface area contributed by atoms with E-state index in [0.717, 1.165) is 31.9 Å². The maximum atomic E-state index is 14.6. The van der Waals surface area contributed by atoms with Crippen molar-refractivity contribution in [1.82, 2.24) is 10.2 Å². The first-order chi connectivity index (χ1) is 22.0. The van der Waals surface area contributed by atoms with Crippen LogP contribution in [-0.4, -0.2) is 43.8 Å². The second kappa shape index (κ2) is 16.1. The quantitative estimate of drug-likeness (QED) is 0.149. The van der Waals surface area contributed by atoms with Crippen LogP contribution in [0.1, 0.15) is 56.7 Å². The number of nitrogens with zero attached hydrogens (tertiary/aromatic N) is 2. The average Bonchev–Trinajstić information content (AvgIpc) is 3.06. The van der Waals surface area contributed by atoms with Crippen LogP contribution in [0, 0.1) is 0 Å². The van der Waals surface area contributed by atoms with E-state index in [1.807, 2.05) is 80.6 Å². The first kappa shape index (κ1) is 34.9. The van der Waals surface area contributed by atoms with Gasteiger partial charge in [0.05, 0.1) is 10.6 Å². The van der Waals surface area contributed by atoms with Gasteiger partial charge in [-0.15, -0.1) is 0 Å². The first-order valence-corrected chi connectivity index (χ1v) is 17.8. The third-order valence-corrected chi connectivity index (χ3v) is 10.3. The Balaban J connectivity index is 1.80. The van der Waals surface area contributed by atoms with E-state index in [4.69, 9.17) is 0 Å². The second-order valence-corrected chi connectivity index (χ2v) is 14.5. The van der Waals surface area contributed by atoms with Crippen molar-refractivity contribution in [2.75, 3.05) is 10.8 Å². The molecule has 242 valence electrons. The van der Waals surface area contributed by atoms with Gasteiger partial charge in [0.15, 0.2) is 0 Å². The second-order valence-electron chi connectivity index (χ2n) is 11.7. The predicted molar refractivity (Wildman–Crippen MR) is 188 cm³/mol. The molecule has 0 unspecified atom stereocenters. The van der Waals surface area contributed by atoms with Gasteiger partial charge in [-0.1, -0.05) is 109 Å². The molecule has 1 N–H and O–H groups in total. The Hall–Kier alpha value is -3.95. The summed E-state index contributed by atoms with van der Waals surface area (Å²) in [6, 6.07) is 31.4. The smallest absolute Gasteiger partial charge is 0.264 e. The minimum absolute atomic E-state index is 0.0746. The van der Waals surface area contributed by atoms with Gasteiger partial charge in [0.2, 0.25) is 11.8 Å². The number of halogens is 1. The van der Waals surface area contributed by atoms with E-state index >= 15 is 0 Å². The molecule has 0 heterocycles. The first-order valence-electron chi connectivity index (χ1n) is 15.6. The van der Waals surface area contributed by atoms with Crippen molar-refractivity contribution in [2.24, 2.45) is 0 Å². The van der Waals surface area contributed by atoms with Crippen molar-refractivity contribution in [3.05, 3.63) is 130 Å². The van der Waals surface area contributed by atoms with Crippen LogP contribution < -0.4 is 9.62 Å². The monoisotopic (exact) mass is 703 g/mol. The summed E-state index contributed by atoms with van der Waals surface area (Å²) >= 11 is 3.47. The maximum Gasteiger partial charge on any atom is 0.264 e. The van der Waals surface area contributed by atoms with Crippen LogP contribution in [0.5, 0.6) is 0 Å². The summed E-state index contributed by atoms with van der Waals surface area (Å²) in [4.78, 5) is 30.1. The standard InChI is InChI=1S/C37H42BrN3O4S/c1-5-28(4)39-37(43)35(24-29-12-8-6-9-13-29)40(25-30-16-20-32(38)21-17-30)36(42)26-41(33-22-18-31(19-23-33)27(2)3)46(44,45)34-14-10-7-11-15-34/h6-23,27-28,35H,5,24-26H2,1-4H3,(H,39,43)/t28-,35+/m1/s1. The van der Waals surface area contributed by atoms with E-state index in [9.17, 15) is 18.0 Å². The summed E-state index contributed by atoms with van der Waals surface area (Å²) < 4.78 is 30.3. The van der Waals surface area contributed by atoms with Crippen LogP contribution in [0.25, 0.3) is 0 Å². The molecular weight excluding hydrogens is 662 g/mol. The SMILES string of the molecule is CC[C@@H](C)NC(=O)[C@H](Cc1ccccc1)N(Cc1ccc(Br)cc1)C(=O)CN(c1ccc(C(C)C)cc1)S(=O)(=O)c1ccccc1. The van der Waals surface area contributed by atoms with Crippen molar-refractivity contribution in [1.29, 1.82) is 0 Å². The highest BCUT2D eigenvalue weighted by Gasteiger charge is 2.35. The molecule has 0 fully saturated rings. The van der Waals surface area contributed by atoms with Crippen LogP contribution in [0.15, 0.2) is 119 Å². The largest absolute Gasteiger partial charge is 0.352 e. The summed E-state index contributed by atoms with van der Waals surface area (Å²) in [5, 5.41) is 3.07. The van der Waals surface area contributed by atoms with Crippen molar-refractivity contribution < 1.29 is 18.0 Å². The third-order valence-electron chi connectivity index (χ3n) is 8.00. The van der Waals surface area contributed by atoms with Crippen LogP contribution in [-0.2, 0) is 32.6 Å². The Morgan fingerprint density at radius 2 is 1.37 bits per heavy atom. The molecule has 46 heavy (non-hydrogen) atoms. The van der Waals surface area contributed by atoms with Gasteiger partial charge >= 0.3 is 0 Å². The lowest BCUT2D eigenvalue weighted by molar-refractivity contribution is -0.140. The zero-order valence-electron chi connectivity index (χ0n) is 26.8. The Bertz CT molecular complexity index is 1680. The molecule has 4 aromatic rings. The van der Waals surface area contributed by atoms with Crippen molar-refractivity contribution in [3.8, 4) is 0 Å².